The Morgan fingerprint density at radius 2 is 1.60 bits per heavy atom. The molecule has 0 bridgehead atoms. The van der Waals surface area contributed by atoms with Gasteiger partial charge in [0.15, 0.2) is 5.82 Å². The number of para-hydroxylation sites is 1. The highest BCUT2D eigenvalue weighted by molar-refractivity contribution is 6.30. The summed E-state index contributed by atoms with van der Waals surface area (Å²) < 4.78 is 0. The SMILES string of the molecule is Clc1cccc(-c2nc(NCc3ccccc3)c3ccccc3n2)c1. The van der Waals surface area contributed by atoms with E-state index in [2.05, 4.69) is 17.4 Å². The molecule has 4 heteroatoms. The van der Waals surface area contributed by atoms with E-state index in [0.29, 0.717) is 17.4 Å². The van der Waals surface area contributed by atoms with E-state index in [1.54, 1.807) is 0 Å². The van der Waals surface area contributed by atoms with Crippen LogP contribution in [0.3, 0.4) is 0 Å². The number of hydrogen-bond donors (Lipinski definition) is 1. The Balaban J connectivity index is 1.76. The summed E-state index contributed by atoms with van der Waals surface area (Å²) in [7, 11) is 0. The summed E-state index contributed by atoms with van der Waals surface area (Å²) in [5.74, 6) is 1.49. The summed E-state index contributed by atoms with van der Waals surface area (Å²) in [4.78, 5) is 9.44. The highest BCUT2D eigenvalue weighted by Gasteiger charge is 2.09. The zero-order valence-corrected chi connectivity index (χ0v) is 14.2. The van der Waals surface area contributed by atoms with E-state index in [-0.39, 0.29) is 0 Å². The second-order valence-corrected chi connectivity index (χ2v) is 6.20. The predicted molar refractivity (Wildman–Crippen MR) is 104 cm³/mol. The Bertz CT molecular complexity index is 1020. The number of benzene rings is 3. The topological polar surface area (TPSA) is 37.8 Å². The lowest BCUT2D eigenvalue weighted by atomic mass is 10.1. The summed E-state index contributed by atoms with van der Waals surface area (Å²) in [6.45, 7) is 0.705. The number of anilines is 1. The van der Waals surface area contributed by atoms with Crippen LogP contribution in [0.1, 0.15) is 5.56 Å². The second-order valence-electron chi connectivity index (χ2n) is 5.76. The first-order valence-electron chi connectivity index (χ1n) is 8.10. The molecule has 0 amide bonds. The molecule has 0 radical (unpaired) electrons. The molecule has 0 saturated heterocycles. The van der Waals surface area contributed by atoms with Crippen LogP contribution in [-0.2, 0) is 6.54 Å². The molecule has 0 aliphatic rings. The highest BCUT2D eigenvalue weighted by Crippen LogP contribution is 2.26. The monoisotopic (exact) mass is 345 g/mol. The van der Waals surface area contributed by atoms with Crippen LogP contribution in [0.4, 0.5) is 5.82 Å². The molecule has 0 aliphatic carbocycles. The maximum Gasteiger partial charge on any atom is 0.162 e. The zero-order valence-electron chi connectivity index (χ0n) is 13.5. The van der Waals surface area contributed by atoms with E-state index in [4.69, 9.17) is 21.6 Å². The largest absolute Gasteiger partial charge is 0.365 e. The lowest BCUT2D eigenvalue weighted by Gasteiger charge is -2.11. The number of fused-ring (bicyclic) bond motifs is 1. The van der Waals surface area contributed by atoms with Gasteiger partial charge in [0, 0.05) is 22.5 Å². The molecule has 0 aliphatic heterocycles. The van der Waals surface area contributed by atoms with E-state index in [9.17, 15) is 0 Å². The summed E-state index contributed by atoms with van der Waals surface area (Å²) in [5, 5.41) is 5.12. The van der Waals surface area contributed by atoms with Crippen molar-refractivity contribution in [3.05, 3.63) is 89.4 Å². The third-order valence-electron chi connectivity index (χ3n) is 3.99. The van der Waals surface area contributed by atoms with E-state index in [1.807, 2.05) is 66.7 Å². The first kappa shape index (κ1) is 15.6. The molecule has 0 fully saturated rings. The van der Waals surface area contributed by atoms with Gasteiger partial charge in [-0.15, -0.1) is 0 Å². The van der Waals surface area contributed by atoms with Gasteiger partial charge in [0.25, 0.3) is 0 Å². The van der Waals surface area contributed by atoms with Crippen LogP contribution in [-0.4, -0.2) is 9.97 Å². The lowest BCUT2D eigenvalue weighted by molar-refractivity contribution is 1.11. The molecular formula is C21H16ClN3. The Morgan fingerprint density at radius 3 is 2.44 bits per heavy atom. The van der Waals surface area contributed by atoms with E-state index >= 15 is 0 Å². The van der Waals surface area contributed by atoms with Crippen LogP contribution in [0, 0.1) is 0 Å². The van der Waals surface area contributed by atoms with Crippen LogP contribution >= 0.6 is 11.6 Å². The Kier molecular flexibility index (Phi) is 4.32. The molecule has 3 nitrogen and oxygen atoms in total. The molecule has 25 heavy (non-hydrogen) atoms. The Morgan fingerprint density at radius 1 is 0.800 bits per heavy atom. The van der Waals surface area contributed by atoms with Gasteiger partial charge in [-0.1, -0.05) is 66.2 Å². The van der Waals surface area contributed by atoms with Crippen molar-refractivity contribution in [2.24, 2.45) is 0 Å². The quantitative estimate of drug-likeness (QED) is 0.526. The van der Waals surface area contributed by atoms with Gasteiger partial charge < -0.3 is 5.32 Å². The summed E-state index contributed by atoms with van der Waals surface area (Å²) in [6, 6.07) is 25.9. The number of hydrogen-bond acceptors (Lipinski definition) is 3. The molecule has 0 spiro atoms. The molecule has 0 unspecified atom stereocenters. The third-order valence-corrected chi connectivity index (χ3v) is 4.22. The Labute approximate surface area is 151 Å². The van der Waals surface area contributed by atoms with Crippen LogP contribution in [0.25, 0.3) is 22.3 Å². The number of halogens is 1. The minimum atomic E-state index is 0.664. The van der Waals surface area contributed by atoms with Gasteiger partial charge in [0.05, 0.1) is 5.52 Å². The van der Waals surface area contributed by atoms with Crippen LogP contribution < -0.4 is 5.32 Å². The van der Waals surface area contributed by atoms with Gasteiger partial charge in [-0.25, -0.2) is 9.97 Å². The van der Waals surface area contributed by atoms with Crippen LogP contribution in [0.15, 0.2) is 78.9 Å². The van der Waals surface area contributed by atoms with Gasteiger partial charge in [-0.3, -0.25) is 0 Å². The molecular weight excluding hydrogens is 330 g/mol. The summed E-state index contributed by atoms with van der Waals surface area (Å²) in [6.07, 6.45) is 0. The average molecular weight is 346 g/mol. The van der Waals surface area contributed by atoms with Gasteiger partial charge in [0.2, 0.25) is 0 Å². The van der Waals surface area contributed by atoms with Crippen molar-refractivity contribution in [2.75, 3.05) is 5.32 Å². The predicted octanol–water partition coefficient (Wildman–Crippen LogP) is 5.56. The van der Waals surface area contributed by atoms with Crippen molar-refractivity contribution >= 4 is 28.3 Å². The molecule has 0 saturated carbocycles. The average Bonchev–Trinajstić information content (AvgIpc) is 2.67. The molecule has 1 N–H and O–H groups in total. The summed E-state index contributed by atoms with van der Waals surface area (Å²) in [5.41, 5.74) is 3.01. The zero-order chi connectivity index (χ0) is 17.1. The minimum Gasteiger partial charge on any atom is -0.365 e. The highest BCUT2D eigenvalue weighted by atomic mass is 35.5. The molecule has 3 aromatic carbocycles. The molecule has 122 valence electrons. The van der Waals surface area contributed by atoms with E-state index in [0.717, 1.165) is 22.3 Å². The van der Waals surface area contributed by atoms with Crippen molar-refractivity contribution in [1.29, 1.82) is 0 Å². The first-order chi connectivity index (χ1) is 12.3. The second kappa shape index (κ2) is 6.91. The molecule has 1 heterocycles. The smallest absolute Gasteiger partial charge is 0.162 e. The van der Waals surface area contributed by atoms with E-state index in [1.165, 1.54) is 5.56 Å². The van der Waals surface area contributed by atoms with Crippen molar-refractivity contribution in [3.63, 3.8) is 0 Å². The van der Waals surface area contributed by atoms with Gasteiger partial charge in [-0.05, 0) is 29.8 Å². The summed E-state index contributed by atoms with van der Waals surface area (Å²) >= 11 is 6.12. The number of rotatable bonds is 4. The van der Waals surface area contributed by atoms with E-state index < -0.39 is 0 Å². The minimum absolute atomic E-state index is 0.664. The van der Waals surface area contributed by atoms with Crippen molar-refractivity contribution < 1.29 is 0 Å². The first-order valence-corrected chi connectivity index (χ1v) is 8.48. The standard InChI is InChI=1S/C21H16ClN3/c22-17-10-6-9-16(13-17)20-24-19-12-5-4-11-18(19)21(25-20)23-14-15-7-2-1-3-8-15/h1-13H,14H2,(H,23,24,25). The number of nitrogens with zero attached hydrogens (tertiary/aromatic N) is 2. The maximum absolute atomic E-state index is 6.12. The number of nitrogens with one attached hydrogen (secondary N) is 1. The fourth-order valence-electron chi connectivity index (χ4n) is 2.75. The molecule has 4 rings (SSSR count). The van der Waals surface area contributed by atoms with Crippen molar-refractivity contribution in [1.82, 2.24) is 9.97 Å². The van der Waals surface area contributed by atoms with Gasteiger partial charge in [0.1, 0.15) is 5.82 Å². The normalized spacial score (nSPS) is 10.8. The Hall–Kier alpha value is -2.91. The van der Waals surface area contributed by atoms with Gasteiger partial charge >= 0.3 is 0 Å². The van der Waals surface area contributed by atoms with Crippen molar-refractivity contribution in [2.45, 2.75) is 6.54 Å². The third kappa shape index (κ3) is 3.47. The lowest BCUT2D eigenvalue weighted by Crippen LogP contribution is -2.04. The molecule has 0 atom stereocenters. The maximum atomic E-state index is 6.12. The van der Waals surface area contributed by atoms with Crippen molar-refractivity contribution in [3.8, 4) is 11.4 Å². The molecule has 1 aromatic heterocycles. The van der Waals surface area contributed by atoms with Crippen LogP contribution in [0.5, 0.6) is 0 Å². The fourth-order valence-corrected chi connectivity index (χ4v) is 2.94. The van der Waals surface area contributed by atoms with Crippen LogP contribution in [0.2, 0.25) is 5.02 Å². The van der Waals surface area contributed by atoms with Gasteiger partial charge in [-0.2, -0.15) is 0 Å². The molecule has 4 aromatic rings. The number of aromatic nitrogens is 2. The fraction of sp³-hybridized carbons (Fsp3) is 0.0476.